The van der Waals surface area contributed by atoms with Crippen LogP contribution >= 0.6 is 0 Å². The van der Waals surface area contributed by atoms with Gasteiger partial charge in [-0.1, -0.05) is 18.2 Å². The maximum Gasteiger partial charge on any atom is 0.323 e. The van der Waals surface area contributed by atoms with Crippen LogP contribution in [-0.4, -0.2) is 35.1 Å². The maximum absolute atomic E-state index is 13.5. The molecule has 0 bridgehead atoms. The molecule has 21 heavy (non-hydrogen) atoms. The Hall–Kier alpha value is -2.37. The molecular formula is C15H19FN2O3. The molecule has 0 radical (unpaired) electrons. The van der Waals surface area contributed by atoms with Crippen molar-refractivity contribution in [3.63, 3.8) is 0 Å². The van der Waals surface area contributed by atoms with Gasteiger partial charge in [0.1, 0.15) is 12.4 Å². The third kappa shape index (κ3) is 4.91. The average molecular weight is 294 g/mol. The zero-order valence-electron chi connectivity index (χ0n) is 12.1. The number of carboxylic acids is 1. The number of aryl methyl sites for hydroxylation is 2. The van der Waals surface area contributed by atoms with E-state index in [1.165, 1.54) is 6.08 Å². The summed E-state index contributed by atoms with van der Waals surface area (Å²) in [4.78, 5) is 23.7. The summed E-state index contributed by atoms with van der Waals surface area (Å²) in [5.74, 6) is -1.36. The first-order valence-electron chi connectivity index (χ1n) is 6.46. The zero-order valence-corrected chi connectivity index (χ0v) is 12.1. The van der Waals surface area contributed by atoms with Crippen molar-refractivity contribution in [2.75, 3.05) is 13.1 Å². The van der Waals surface area contributed by atoms with Crippen molar-refractivity contribution >= 4 is 12.0 Å². The topological polar surface area (TPSA) is 69.6 Å². The Bertz CT molecular complexity index is 535. The van der Waals surface area contributed by atoms with Gasteiger partial charge in [0.15, 0.2) is 0 Å². The van der Waals surface area contributed by atoms with Crippen LogP contribution in [0.3, 0.4) is 0 Å². The first-order chi connectivity index (χ1) is 9.85. The highest BCUT2D eigenvalue weighted by atomic mass is 19.1. The number of rotatable bonds is 6. The van der Waals surface area contributed by atoms with Gasteiger partial charge in [-0.2, -0.15) is 0 Å². The van der Waals surface area contributed by atoms with Crippen LogP contribution in [0.25, 0.3) is 0 Å². The second kappa shape index (κ2) is 7.42. The van der Waals surface area contributed by atoms with Crippen LogP contribution < -0.4 is 5.32 Å². The SMILES string of the molecule is C=CCN(CC(=O)O)C(=O)NCc1cc(C)c(F)c(C)c1. The van der Waals surface area contributed by atoms with E-state index in [9.17, 15) is 14.0 Å². The number of carboxylic acid groups (broad SMARTS) is 1. The van der Waals surface area contributed by atoms with E-state index in [0.717, 1.165) is 10.5 Å². The van der Waals surface area contributed by atoms with E-state index in [-0.39, 0.29) is 18.9 Å². The van der Waals surface area contributed by atoms with Gasteiger partial charge in [-0.25, -0.2) is 9.18 Å². The van der Waals surface area contributed by atoms with Gasteiger partial charge in [-0.15, -0.1) is 6.58 Å². The van der Waals surface area contributed by atoms with Crippen LogP contribution in [0.2, 0.25) is 0 Å². The van der Waals surface area contributed by atoms with Gasteiger partial charge in [0, 0.05) is 13.1 Å². The van der Waals surface area contributed by atoms with Gasteiger partial charge in [-0.3, -0.25) is 4.79 Å². The lowest BCUT2D eigenvalue weighted by Crippen LogP contribution is -2.42. The molecule has 2 N–H and O–H groups in total. The molecule has 114 valence electrons. The number of urea groups is 1. The Morgan fingerprint density at radius 2 is 1.95 bits per heavy atom. The number of hydrogen-bond acceptors (Lipinski definition) is 2. The summed E-state index contributed by atoms with van der Waals surface area (Å²) < 4.78 is 13.5. The lowest BCUT2D eigenvalue weighted by molar-refractivity contribution is -0.137. The molecule has 1 aromatic carbocycles. The lowest BCUT2D eigenvalue weighted by Gasteiger charge is -2.19. The summed E-state index contributed by atoms with van der Waals surface area (Å²) in [5.41, 5.74) is 1.77. The fourth-order valence-electron chi connectivity index (χ4n) is 1.97. The van der Waals surface area contributed by atoms with Gasteiger partial charge in [-0.05, 0) is 30.5 Å². The van der Waals surface area contributed by atoms with Crippen LogP contribution in [0.15, 0.2) is 24.8 Å². The molecule has 0 saturated heterocycles. The standard InChI is InChI=1S/C15H19FN2O3/c1-4-5-18(9-13(19)20)15(21)17-8-12-6-10(2)14(16)11(3)7-12/h4,6-7H,1,5,8-9H2,2-3H3,(H,17,21)(H,19,20). The summed E-state index contributed by atoms with van der Waals surface area (Å²) in [6, 6.07) is 2.80. The Balaban J connectivity index is 2.70. The fourth-order valence-corrected chi connectivity index (χ4v) is 1.97. The number of halogens is 1. The molecule has 0 aromatic heterocycles. The molecule has 0 saturated carbocycles. The minimum absolute atomic E-state index is 0.138. The summed E-state index contributed by atoms with van der Waals surface area (Å²) in [7, 11) is 0. The number of nitrogens with one attached hydrogen (secondary N) is 1. The molecule has 0 heterocycles. The molecule has 0 aliphatic carbocycles. The van der Waals surface area contributed by atoms with Gasteiger partial charge in [0.05, 0.1) is 0 Å². The molecular weight excluding hydrogens is 275 g/mol. The first kappa shape index (κ1) is 16.7. The van der Waals surface area contributed by atoms with Gasteiger partial charge in [0.25, 0.3) is 0 Å². The van der Waals surface area contributed by atoms with E-state index in [2.05, 4.69) is 11.9 Å². The average Bonchev–Trinajstić information content (AvgIpc) is 2.41. The van der Waals surface area contributed by atoms with Gasteiger partial charge >= 0.3 is 12.0 Å². The summed E-state index contributed by atoms with van der Waals surface area (Å²) in [5, 5.41) is 11.4. The summed E-state index contributed by atoms with van der Waals surface area (Å²) in [6.07, 6.45) is 1.45. The van der Waals surface area contributed by atoms with Crippen molar-refractivity contribution < 1.29 is 19.1 Å². The maximum atomic E-state index is 13.5. The van der Waals surface area contributed by atoms with E-state index in [1.54, 1.807) is 26.0 Å². The molecule has 6 heteroatoms. The number of aliphatic carboxylic acids is 1. The molecule has 1 rings (SSSR count). The quantitative estimate of drug-likeness (QED) is 0.790. The minimum atomic E-state index is -1.10. The Kier molecular flexibility index (Phi) is 5.90. The van der Waals surface area contributed by atoms with Crippen molar-refractivity contribution in [2.45, 2.75) is 20.4 Å². The van der Waals surface area contributed by atoms with Gasteiger partial charge < -0.3 is 15.3 Å². The van der Waals surface area contributed by atoms with Gasteiger partial charge in [0.2, 0.25) is 0 Å². The molecule has 2 amide bonds. The van der Waals surface area contributed by atoms with Crippen LogP contribution in [0.1, 0.15) is 16.7 Å². The number of benzene rings is 1. The predicted octanol–water partition coefficient (Wildman–Crippen LogP) is 2.22. The van der Waals surface area contributed by atoms with E-state index >= 15 is 0 Å². The number of hydrogen-bond donors (Lipinski definition) is 2. The highest BCUT2D eigenvalue weighted by Crippen LogP contribution is 2.14. The lowest BCUT2D eigenvalue weighted by atomic mass is 10.1. The molecule has 0 atom stereocenters. The third-order valence-corrected chi connectivity index (χ3v) is 2.90. The predicted molar refractivity (Wildman–Crippen MR) is 77.5 cm³/mol. The van der Waals surface area contributed by atoms with Crippen LogP contribution in [0.5, 0.6) is 0 Å². The monoisotopic (exact) mass is 294 g/mol. The molecule has 5 nitrogen and oxygen atoms in total. The van der Waals surface area contributed by atoms with Crippen LogP contribution in [0, 0.1) is 19.7 Å². The first-order valence-corrected chi connectivity index (χ1v) is 6.46. The van der Waals surface area contributed by atoms with E-state index in [0.29, 0.717) is 11.1 Å². The second-order valence-electron chi connectivity index (χ2n) is 4.77. The summed E-state index contributed by atoms with van der Waals surface area (Å²) in [6.45, 7) is 6.73. The Morgan fingerprint density at radius 3 is 2.43 bits per heavy atom. The second-order valence-corrected chi connectivity index (χ2v) is 4.77. The third-order valence-electron chi connectivity index (χ3n) is 2.90. The molecule has 0 aliphatic heterocycles. The smallest absolute Gasteiger partial charge is 0.323 e. The number of carbonyl (C=O) groups is 2. The van der Waals surface area contributed by atoms with Crippen molar-refractivity contribution in [3.8, 4) is 0 Å². The highest BCUT2D eigenvalue weighted by molar-refractivity contribution is 5.80. The largest absolute Gasteiger partial charge is 0.480 e. The number of amides is 2. The van der Waals surface area contributed by atoms with E-state index in [4.69, 9.17) is 5.11 Å². The van der Waals surface area contributed by atoms with E-state index < -0.39 is 18.5 Å². The van der Waals surface area contributed by atoms with Crippen molar-refractivity contribution in [2.24, 2.45) is 0 Å². The van der Waals surface area contributed by atoms with Crippen molar-refractivity contribution in [1.82, 2.24) is 10.2 Å². The minimum Gasteiger partial charge on any atom is -0.480 e. The highest BCUT2D eigenvalue weighted by Gasteiger charge is 2.15. The Morgan fingerprint density at radius 1 is 1.38 bits per heavy atom. The number of nitrogens with zero attached hydrogens (tertiary/aromatic N) is 1. The summed E-state index contributed by atoms with van der Waals surface area (Å²) >= 11 is 0. The molecule has 0 fully saturated rings. The van der Waals surface area contributed by atoms with Crippen LogP contribution in [-0.2, 0) is 11.3 Å². The normalized spacial score (nSPS) is 10.0. The van der Waals surface area contributed by atoms with E-state index in [1.807, 2.05) is 0 Å². The molecule has 0 unspecified atom stereocenters. The van der Waals surface area contributed by atoms with Crippen molar-refractivity contribution in [1.29, 1.82) is 0 Å². The molecule has 0 aliphatic rings. The Labute approximate surface area is 123 Å². The fraction of sp³-hybridized carbons (Fsp3) is 0.333. The van der Waals surface area contributed by atoms with Crippen molar-refractivity contribution in [3.05, 3.63) is 47.3 Å². The van der Waals surface area contributed by atoms with Crippen LogP contribution in [0.4, 0.5) is 9.18 Å². The molecule has 0 spiro atoms. The molecule has 1 aromatic rings. The number of carbonyl (C=O) groups excluding carboxylic acids is 1. The zero-order chi connectivity index (χ0) is 16.0.